The largest absolute Gasteiger partial charge is 0.356 e. The van der Waals surface area contributed by atoms with E-state index in [9.17, 15) is 9.59 Å². The van der Waals surface area contributed by atoms with Gasteiger partial charge >= 0.3 is 0 Å². The lowest BCUT2D eigenvalue weighted by atomic mass is 10.2. The number of carbonyl (C=O) groups excluding carboxylic acids is 1. The second-order valence-corrected chi connectivity index (χ2v) is 6.55. The lowest BCUT2D eigenvalue weighted by molar-refractivity contribution is -0.121. The number of nitrogens with zero attached hydrogens (tertiary/aromatic N) is 3. The smallest absolute Gasteiger partial charge is 0.261 e. The molecule has 1 amide bonds. The molecule has 25 heavy (non-hydrogen) atoms. The van der Waals surface area contributed by atoms with Crippen LogP contribution in [0, 0.1) is 12.8 Å². The van der Waals surface area contributed by atoms with Crippen molar-refractivity contribution in [2.45, 2.75) is 53.5 Å². The maximum Gasteiger partial charge on any atom is 0.261 e. The third kappa shape index (κ3) is 5.01. The van der Waals surface area contributed by atoms with E-state index >= 15 is 0 Å². The molecule has 2 heterocycles. The second kappa shape index (κ2) is 8.60. The van der Waals surface area contributed by atoms with Crippen molar-refractivity contribution in [1.29, 1.82) is 0 Å². The molecule has 0 aliphatic carbocycles. The quantitative estimate of drug-likeness (QED) is 0.792. The fourth-order valence-corrected chi connectivity index (χ4v) is 2.44. The van der Waals surface area contributed by atoms with Crippen LogP contribution in [0.3, 0.4) is 0 Å². The van der Waals surface area contributed by atoms with Crippen LogP contribution in [-0.2, 0) is 17.8 Å². The van der Waals surface area contributed by atoms with Crippen molar-refractivity contribution >= 4 is 5.91 Å². The fourth-order valence-electron chi connectivity index (χ4n) is 2.44. The van der Waals surface area contributed by atoms with Gasteiger partial charge in [0.25, 0.3) is 5.56 Å². The number of hydrogen-bond acceptors (Lipinski definition) is 5. The highest BCUT2D eigenvalue weighted by atomic mass is 16.5. The predicted molar refractivity (Wildman–Crippen MR) is 95.2 cm³/mol. The number of nitrogens with one attached hydrogen (secondary N) is 1. The molecule has 136 valence electrons. The first-order valence-corrected chi connectivity index (χ1v) is 8.72. The van der Waals surface area contributed by atoms with Crippen molar-refractivity contribution in [1.82, 2.24) is 20.0 Å². The standard InChI is InChI=1S/C18H26N4O3/c1-5-10-22-13(4)6-7-14(18(22)24)17-20-16(25-21-17)9-8-15(23)19-11-12(2)3/h6-7,12H,5,8-11H2,1-4H3,(H,19,23). The van der Waals surface area contributed by atoms with Gasteiger partial charge < -0.3 is 14.4 Å². The summed E-state index contributed by atoms with van der Waals surface area (Å²) in [5.41, 5.74) is 1.20. The summed E-state index contributed by atoms with van der Waals surface area (Å²) in [7, 11) is 0. The van der Waals surface area contributed by atoms with E-state index in [2.05, 4.69) is 15.5 Å². The molecular weight excluding hydrogens is 320 g/mol. The molecule has 0 unspecified atom stereocenters. The maximum atomic E-state index is 12.6. The van der Waals surface area contributed by atoms with E-state index in [0.717, 1.165) is 12.1 Å². The van der Waals surface area contributed by atoms with Gasteiger partial charge in [0.15, 0.2) is 0 Å². The molecule has 0 atom stereocenters. The van der Waals surface area contributed by atoms with Crippen LogP contribution >= 0.6 is 0 Å². The Bertz CT molecular complexity index is 777. The first-order chi connectivity index (χ1) is 11.9. The summed E-state index contributed by atoms with van der Waals surface area (Å²) in [4.78, 5) is 28.6. The molecule has 0 saturated heterocycles. The Morgan fingerprint density at radius 1 is 1.36 bits per heavy atom. The van der Waals surface area contributed by atoms with Gasteiger partial charge in [0, 0.05) is 31.6 Å². The van der Waals surface area contributed by atoms with Crippen LogP contribution in [0.25, 0.3) is 11.4 Å². The highest BCUT2D eigenvalue weighted by Gasteiger charge is 2.15. The third-order valence-corrected chi connectivity index (χ3v) is 3.82. The van der Waals surface area contributed by atoms with Gasteiger partial charge in [-0.15, -0.1) is 0 Å². The Hall–Kier alpha value is -2.44. The molecular formula is C18H26N4O3. The van der Waals surface area contributed by atoms with Gasteiger partial charge in [0.05, 0.1) is 5.56 Å². The predicted octanol–water partition coefficient (Wildman–Crippen LogP) is 2.32. The van der Waals surface area contributed by atoms with Gasteiger partial charge in [-0.05, 0) is 31.4 Å². The van der Waals surface area contributed by atoms with Crippen molar-refractivity contribution in [3.8, 4) is 11.4 Å². The van der Waals surface area contributed by atoms with Crippen LogP contribution in [0.1, 0.15) is 45.2 Å². The molecule has 2 aromatic heterocycles. The molecule has 0 radical (unpaired) electrons. The van der Waals surface area contributed by atoms with Crippen LogP contribution in [0.4, 0.5) is 0 Å². The van der Waals surface area contributed by atoms with Crippen LogP contribution < -0.4 is 10.9 Å². The van der Waals surface area contributed by atoms with Crippen LogP contribution in [0.2, 0.25) is 0 Å². The number of aromatic nitrogens is 3. The van der Waals surface area contributed by atoms with E-state index in [1.807, 2.05) is 33.8 Å². The van der Waals surface area contributed by atoms with E-state index in [-0.39, 0.29) is 23.7 Å². The Morgan fingerprint density at radius 3 is 2.80 bits per heavy atom. The molecule has 0 bridgehead atoms. The Kier molecular flexibility index (Phi) is 6.50. The number of carbonyl (C=O) groups is 1. The minimum Gasteiger partial charge on any atom is -0.356 e. The average molecular weight is 346 g/mol. The van der Waals surface area contributed by atoms with Crippen molar-refractivity contribution in [3.63, 3.8) is 0 Å². The lowest BCUT2D eigenvalue weighted by Gasteiger charge is -2.09. The summed E-state index contributed by atoms with van der Waals surface area (Å²) in [6.45, 7) is 9.30. The minimum absolute atomic E-state index is 0.0471. The molecule has 0 aromatic carbocycles. The zero-order valence-electron chi connectivity index (χ0n) is 15.3. The van der Waals surface area contributed by atoms with Gasteiger partial charge in [-0.1, -0.05) is 25.9 Å². The van der Waals surface area contributed by atoms with Crippen LogP contribution in [0.15, 0.2) is 21.5 Å². The fraction of sp³-hybridized carbons (Fsp3) is 0.556. The summed E-state index contributed by atoms with van der Waals surface area (Å²) in [5.74, 6) is 0.990. The number of aryl methyl sites for hydroxylation is 2. The van der Waals surface area contributed by atoms with E-state index in [0.29, 0.717) is 36.9 Å². The Morgan fingerprint density at radius 2 is 2.12 bits per heavy atom. The molecule has 0 saturated carbocycles. The summed E-state index contributed by atoms with van der Waals surface area (Å²) in [6.07, 6.45) is 1.50. The number of pyridine rings is 1. The minimum atomic E-state index is -0.121. The average Bonchev–Trinajstić information content (AvgIpc) is 3.03. The number of amides is 1. The first kappa shape index (κ1) is 18.9. The molecule has 1 N–H and O–H groups in total. The van der Waals surface area contributed by atoms with E-state index in [1.54, 1.807) is 10.6 Å². The van der Waals surface area contributed by atoms with Crippen molar-refractivity contribution in [2.75, 3.05) is 6.54 Å². The Labute approximate surface area is 147 Å². The number of rotatable bonds is 8. The molecule has 0 aliphatic heterocycles. The zero-order valence-corrected chi connectivity index (χ0v) is 15.3. The van der Waals surface area contributed by atoms with Gasteiger partial charge in [-0.25, -0.2) is 0 Å². The first-order valence-electron chi connectivity index (χ1n) is 8.72. The molecule has 0 aliphatic rings. The molecule has 2 rings (SSSR count). The van der Waals surface area contributed by atoms with Crippen LogP contribution in [0.5, 0.6) is 0 Å². The zero-order chi connectivity index (χ0) is 18.4. The van der Waals surface area contributed by atoms with Gasteiger partial charge in [-0.2, -0.15) is 4.98 Å². The normalized spacial score (nSPS) is 11.1. The van der Waals surface area contributed by atoms with Crippen molar-refractivity contribution < 1.29 is 9.32 Å². The molecule has 2 aromatic rings. The van der Waals surface area contributed by atoms with Gasteiger partial charge in [-0.3, -0.25) is 9.59 Å². The SMILES string of the molecule is CCCn1c(C)ccc(-c2noc(CCC(=O)NCC(C)C)n2)c1=O. The molecule has 7 nitrogen and oxygen atoms in total. The van der Waals surface area contributed by atoms with Crippen LogP contribution in [-0.4, -0.2) is 27.2 Å². The second-order valence-electron chi connectivity index (χ2n) is 6.55. The third-order valence-electron chi connectivity index (χ3n) is 3.82. The summed E-state index contributed by atoms with van der Waals surface area (Å²) >= 11 is 0. The summed E-state index contributed by atoms with van der Waals surface area (Å²) < 4.78 is 6.90. The highest BCUT2D eigenvalue weighted by molar-refractivity contribution is 5.76. The van der Waals surface area contributed by atoms with Crippen molar-refractivity contribution in [3.05, 3.63) is 34.1 Å². The van der Waals surface area contributed by atoms with E-state index in [1.165, 1.54) is 0 Å². The molecule has 0 fully saturated rings. The van der Waals surface area contributed by atoms with Gasteiger partial charge in [0.1, 0.15) is 0 Å². The molecule has 7 heteroatoms. The molecule has 0 spiro atoms. The Balaban J connectivity index is 2.08. The summed E-state index contributed by atoms with van der Waals surface area (Å²) in [5, 5.41) is 6.74. The number of hydrogen-bond donors (Lipinski definition) is 1. The van der Waals surface area contributed by atoms with Gasteiger partial charge in [0.2, 0.25) is 17.6 Å². The maximum absolute atomic E-state index is 12.6. The monoisotopic (exact) mass is 346 g/mol. The highest BCUT2D eigenvalue weighted by Crippen LogP contribution is 2.13. The summed E-state index contributed by atoms with van der Waals surface area (Å²) in [6, 6.07) is 3.59. The topological polar surface area (TPSA) is 90.0 Å². The van der Waals surface area contributed by atoms with Crippen molar-refractivity contribution in [2.24, 2.45) is 5.92 Å². The van der Waals surface area contributed by atoms with E-state index in [4.69, 9.17) is 4.52 Å². The van der Waals surface area contributed by atoms with E-state index < -0.39 is 0 Å². The lowest BCUT2D eigenvalue weighted by Crippen LogP contribution is -2.27.